The first-order chi connectivity index (χ1) is 13.2. The number of aryl methyl sites for hydroxylation is 2. The second-order valence-electron chi connectivity index (χ2n) is 6.93. The molecule has 5 nitrogen and oxygen atoms in total. The molecule has 2 amide bonds. The second kappa shape index (κ2) is 7.66. The van der Waals surface area contributed by atoms with Gasteiger partial charge in [0, 0.05) is 7.05 Å². The van der Waals surface area contributed by atoms with Crippen molar-refractivity contribution in [2.24, 2.45) is 7.05 Å². The average Bonchev–Trinajstić information content (AvgIpc) is 3.26. The van der Waals surface area contributed by atoms with Crippen molar-refractivity contribution in [2.75, 3.05) is 0 Å². The highest BCUT2D eigenvalue weighted by molar-refractivity contribution is 5.75. The lowest BCUT2D eigenvalue weighted by molar-refractivity contribution is 0.238. The van der Waals surface area contributed by atoms with Crippen LogP contribution in [0.5, 0.6) is 0 Å². The number of urea groups is 1. The minimum atomic E-state index is -0.190. The molecule has 0 spiro atoms. The first-order valence-corrected chi connectivity index (χ1v) is 9.40. The van der Waals surface area contributed by atoms with Crippen LogP contribution in [0.1, 0.15) is 40.5 Å². The van der Waals surface area contributed by atoms with E-state index in [1.165, 1.54) is 11.3 Å². The Hall–Kier alpha value is -3.08. The van der Waals surface area contributed by atoms with Crippen LogP contribution in [0.25, 0.3) is 0 Å². The Morgan fingerprint density at radius 3 is 2.30 bits per heavy atom. The van der Waals surface area contributed by atoms with Gasteiger partial charge in [0.15, 0.2) is 0 Å². The van der Waals surface area contributed by atoms with Crippen LogP contribution in [-0.4, -0.2) is 15.8 Å². The number of aromatic nitrogens is 2. The molecule has 4 rings (SSSR count). The summed E-state index contributed by atoms with van der Waals surface area (Å²) in [5, 5.41) is 10.7. The molecule has 138 valence electrons. The number of amides is 2. The smallest absolute Gasteiger partial charge is 0.315 e. The van der Waals surface area contributed by atoms with Gasteiger partial charge in [-0.15, -0.1) is 0 Å². The van der Waals surface area contributed by atoms with E-state index in [-0.39, 0.29) is 12.1 Å². The van der Waals surface area contributed by atoms with Crippen molar-refractivity contribution >= 4 is 6.03 Å². The van der Waals surface area contributed by atoms with Crippen molar-refractivity contribution in [3.05, 3.63) is 88.7 Å². The van der Waals surface area contributed by atoms with E-state index in [2.05, 4.69) is 15.7 Å². The van der Waals surface area contributed by atoms with Crippen LogP contribution < -0.4 is 10.6 Å². The van der Waals surface area contributed by atoms with E-state index < -0.39 is 0 Å². The van der Waals surface area contributed by atoms with Crippen LogP contribution in [0.2, 0.25) is 0 Å². The Labute approximate surface area is 159 Å². The van der Waals surface area contributed by atoms with Crippen molar-refractivity contribution in [1.82, 2.24) is 20.4 Å². The van der Waals surface area contributed by atoms with Gasteiger partial charge in [0.2, 0.25) is 0 Å². The molecule has 0 atom stereocenters. The molecule has 2 N–H and O–H groups in total. The summed E-state index contributed by atoms with van der Waals surface area (Å²) in [5.41, 5.74) is 5.70. The zero-order valence-corrected chi connectivity index (χ0v) is 15.5. The molecule has 27 heavy (non-hydrogen) atoms. The fourth-order valence-corrected chi connectivity index (χ4v) is 3.80. The molecule has 3 aromatic rings. The van der Waals surface area contributed by atoms with Crippen molar-refractivity contribution in [2.45, 2.75) is 31.8 Å². The molecular weight excluding hydrogens is 336 g/mol. The molecule has 0 unspecified atom stereocenters. The molecule has 1 aliphatic rings. The van der Waals surface area contributed by atoms with Gasteiger partial charge in [0.05, 0.1) is 24.0 Å². The topological polar surface area (TPSA) is 59.0 Å². The first-order valence-electron chi connectivity index (χ1n) is 9.40. The molecule has 0 aliphatic heterocycles. The third-order valence-electron chi connectivity index (χ3n) is 5.16. The SMILES string of the molecule is Cn1nc2c(c1CNC(=O)NC(c1ccccc1)c1ccccc1)CCC2. The third-order valence-corrected chi connectivity index (χ3v) is 5.16. The summed E-state index contributed by atoms with van der Waals surface area (Å²) < 4.78 is 1.90. The molecule has 0 fully saturated rings. The first kappa shape index (κ1) is 17.3. The van der Waals surface area contributed by atoms with Gasteiger partial charge in [-0.3, -0.25) is 4.68 Å². The predicted octanol–water partition coefficient (Wildman–Crippen LogP) is 3.50. The number of carbonyl (C=O) groups excluding carboxylic acids is 1. The lowest BCUT2D eigenvalue weighted by Crippen LogP contribution is -2.38. The monoisotopic (exact) mass is 360 g/mol. The third kappa shape index (κ3) is 3.72. The molecule has 0 radical (unpaired) electrons. The van der Waals surface area contributed by atoms with E-state index in [1.54, 1.807) is 0 Å². The number of nitrogens with zero attached hydrogens (tertiary/aromatic N) is 2. The fourth-order valence-electron chi connectivity index (χ4n) is 3.80. The Morgan fingerprint density at radius 2 is 1.67 bits per heavy atom. The van der Waals surface area contributed by atoms with E-state index in [1.807, 2.05) is 72.4 Å². The van der Waals surface area contributed by atoms with Gasteiger partial charge in [0.25, 0.3) is 0 Å². The molecular formula is C22H24N4O. The standard InChI is InChI=1S/C22H24N4O/c1-26-20(18-13-8-14-19(18)25-26)15-23-22(27)24-21(16-9-4-2-5-10-16)17-11-6-3-7-12-17/h2-7,9-12,21H,8,13-15H2,1H3,(H2,23,24,27). The van der Waals surface area contributed by atoms with E-state index in [4.69, 9.17) is 0 Å². The van der Waals surface area contributed by atoms with Gasteiger partial charge in [-0.05, 0) is 36.0 Å². The summed E-state index contributed by atoms with van der Waals surface area (Å²) in [6.45, 7) is 0.487. The zero-order valence-electron chi connectivity index (χ0n) is 15.5. The summed E-state index contributed by atoms with van der Waals surface area (Å²) >= 11 is 0. The second-order valence-corrected chi connectivity index (χ2v) is 6.93. The van der Waals surface area contributed by atoms with Crippen LogP contribution in [0, 0.1) is 0 Å². The van der Waals surface area contributed by atoms with Crippen molar-refractivity contribution in [1.29, 1.82) is 0 Å². The Balaban J connectivity index is 1.48. The van der Waals surface area contributed by atoms with Crippen molar-refractivity contribution in [3.63, 3.8) is 0 Å². The van der Waals surface area contributed by atoms with Crippen LogP contribution in [0.3, 0.4) is 0 Å². The minimum absolute atomic E-state index is 0.180. The number of nitrogens with one attached hydrogen (secondary N) is 2. The van der Waals surface area contributed by atoms with Crippen LogP contribution in [-0.2, 0) is 26.4 Å². The van der Waals surface area contributed by atoms with Gasteiger partial charge >= 0.3 is 6.03 Å². The minimum Gasteiger partial charge on any atom is -0.332 e. The van der Waals surface area contributed by atoms with E-state index in [0.29, 0.717) is 6.54 Å². The average molecular weight is 360 g/mol. The fraction of sp³-hybridized carbons (Fsp3) is 0.273. The summed E-state index contributed by atoms with van der Waals surface area (Å²) in [7, 11) is 1.95. The molecule has 1 aromatic heterocycles. The van der Waals surface area contributed by atoms with Crippen molar-refractivity contribution in [3.8, 4) is 0 Å². The molecule has 1 aliphatic carbocycles. The zero-order chi connectivity index (χ0) is 18.6. The molecule has 5 heteroatoms. The van der Waals surface area contributed by atoms with Crippen LogP contribution in [0.15, 0.2) is 60.7 Å². The van der Waals surface area contributed by atoms with Crippen LogP contribution in [0.4, 0.5) is 4.79 Å². The Morgan fingerprint density at radius 1 is 1.04 bits per heavy atom. The van der Waals surface area contributed by atoms with Gasteiger partial charge in [-0.2, -0.15) is 5.10 Å². The van der Waals surface area contributed by atoms with E-state index >= 15 is 0 Å². The van der Waals surface area contributed by atoms with Gasteiger partial charge in [-0.1, -0.05) is 60.7 Å². The number of rotatable bonds is 5. The van der Waals surface area contributed by atoms with Gasteiger partial charge in [-0.25, -0.2) is 4.79 Å². The summed E-state index contributed by atoms with van der Waals surface area (Å²) in [6.07, 6.45) is 3.25. The number of benzene rings is 2. The molecule has 0 bridgehead atoms. The maximum atomic E-state index is 12.7. The van der Waals surface area contributed by atoms with Crippen molar-refractivity contribution < 1.29 is 4.79 Å². The summed E-state index contributed by atoms with van der Waals surface area (Å²) in [4.78, 5) is 12.7. The lowest BCUT2D eigenvalue weighted by atomic mass is 9.99. The highest BCUT2D eigenvalue weighted by Crippen LogP contribution is 2.24. The highest BCUT2D eigenvalue weighted by Gasteiger charge is 2.21. The summed E-state index contributed by atoms with van der Waals surface area (Å²) in [6, 6.07) is 19.7. The Kier molecular flexibility index (Phi) is 4.92. The highest BCUT2D eigenvalue weighted by atomic mass is 16.2. The van der Waals surface area contributed by atoms with E-state index in [9.17, 15) is 4.79 Å². The maximum Gasteiger partial charge on any atom is 0.315 e. The molecule has 1 heterocycles. The van der Waals surface area contributed by atoms with E-state index in [0.717, 1.165) is 36.1 Å². The molecule has 2 aromatic carbocycles. The summed E-state index contributed by atoms with van der Waals surface area (Å²) in [5.74, 6) is 0. The Bertz CT molecular complexity index is 879. The predicted molar refractivity (Wildman–Crippen MR) is 105 cm³/mol. The van der Waals surface area contributed by atoms with Gasteiger partial charge in [0.1, 0.15) is 0 Å². The number of carbonyl (C=O) groups is 1. The van der Waals surface area contributed by atoms with Crippen LogP contribution >= 0.6 is 0 Å². The number of hydrogen-bond acceptors (Lipinski definition) is 2. The number of hydrogen-bond donors (Lipinski definition) is 2. The van der Waals surface area contributed by atoms with Gasteiger partial charge < -0.3 is 10.6 Å². The normalized spacial score (nSPS) is 12.8. The quantitative estimate of drug-likeness (QED) is 0.732. The molecule has 0 saturated carbocycles. The maximum absolute atomic E-state index is 12.7. The lowest BCUT2D eigenvalue weighted by Gasteiger charge is -2.20. The largest absolute Gasteiger partial charge is 0.332 e. The number of fused-ring (bicyclic) bond motifs is 1. The molecule has 0 saturated heterocycles.